The van der Waals surface area contributed by atoms with Crippen molar-refractivity contribution in [2.45, 2.75) is 19.9 Å². The molecule has 1 fully saturated rings. The lowest BCUT2D eigenvalue weighted by Gasteiger charge is -2.33. The van der Waals surface area contributed by atoms with Crippen molar-refractivity contribution >= 4 is 5.91 Å². The molecule has 140 valence electrons. The second-order valence-corrected chi connectivity index (χ2v) is 6.49. The van der Waals surface area contributed by atoms with Crippen LogP contribution in [0.15, 0.2) is 41.0 Å². The van der Waals surface area contributed by atoms with Crippen LogP contribution in [0.1, 0.15) is 22.9 Å². The summed E-state index contributed by atoms with van der Waals surface area (Å²) >= 11 is 0. The number of carbonyl (C=O) groups is 1. The normalized spacial score (nSPS) is 16.2. The van der Waals surface area contributed by atoms with Gasteiger partial charge >= 0.3 is 0 Å². The Hall–Kier alpha value is -2.31. The van der Waals surface area contributed by atoms with E-state index in [-0.39, 0.29) is 18.6 Å². The standard InChI is InChI=1S/C20H26N2O4/c1-15-5-3-6-16(2)20(15)26-14-19(23)21-13-17(18-7-4-10-25-18)22-8-11-24-12-9-22/h3-7,10,17H,8-9,11-14H2,1-2H3,(H,21,23)/t17-/m0/s1. The Bertz CT molecular complexity index is 688. The lowest BCUT2D eigenvalue weighted by Crippen LogP contribution is -2.44. The molecule has 0 spiro atoms. The summed E-state index contributed by atoms with van der Waals surface area (Å²) in [5.74, 6) is 1.48. The number of hydrogen-bond donors (Lipinski definition) is 1. The maximum Gasteiger partial charge on any atom is 0.258 e. The zero-order chi connectivity index (χ0) is 18.4. The third-order valence-corrected chi connectivity index (χ3v) is 4.61. The van der Waals surface area contributed by atoms with Gasteiger partial charge in [-0.25, -0.2) is 0 Å². The smallest absolute Gasteiger partial charge is 0.258 e. The Kier molecular flexibility index (Phi) is 6.30. The summed E-state index contributed by atoms with van der Waals surface area (Å²) in [4.78, 5) is 14.6. The molecule has 1 aliphatic heterocycles. The fourth-order valence-corrected chi connectivity index (χ4v) is 3.21. The Balaban J connectivity index is 1.55. The zero-order valence-electron chi connectivity index (χ0n) is 15.4. The molecule has 2 heterocycles. The Morgan fingerprint density at radius 2 is 1.92 bits per heavy atom. The number of rotatable bonds is 7. The van der Waals surface area contributed by atoms with E-state index in [1.54, 1.807) is 6.26 Å². The van der Waals surface area contributed by atoms with Gasteiger partial charge in [-0.1, -0.05) is 18.2 Å². The fourth-order valence-electron chi connectivity index (χ4n) is 3.21. The van der Waals surface area contributed by atoms with Gasteiger partial charge in [-0.15, -0.1) is 0 Å². The molecule has 6 nitrogen and oxygen atoms in total. The highest BCUT2D eigenvalue weighted by molar-refractivity contribution is 5.77. The summed E-state index contributed by atoms with van der Waals surface area (Å²) in [5, 5.41) is 2.97. The number of morpholine rings is 1. The third kappa shape index (κ3) is 4.65. The molecule has 1 atom stereocenters. The van der Waals surface area contributed by atoms with Crippen molar-refractivity contribution in [3.63, 3.8) is 0 Å². The van der Waals surface area contributed by atoms with E-state index < -0.39 is 0 Å². The van der Waals surface area contributed by atoms with Crippen LogP contribution in [0.4, 0.5) is 0 Å². The van der Waals surface area contributed by atoms with Crippen LogP contribution in [0.2, 0.25) is 0 Å². The molecular weight excluding hydrogens is 332 g/mol. The van der Waals surface area contributed by atoms with Crippen LogP contribution in [0.3, 0.4) is 0 Å². The van der Waals surface area contributed by atoms with E-state index in [1.165, 1.54) is 0 Å². The summed E-state index contributed by atoms with van der Waals surface area (Å²) in [6, 6.07) is 9.75. The minimum absolute atomic E-state index is 0.000318. The molecule has 1 amide bonds. The maximum absolute atomic E-state index is 12.3. The molecule has 2 aromatic rings. The lowest BCUT2D eigenvalue weighted by atomic mass is 10.1. The van der Waals surface area contributed by atoms with Gasteiger partial charge < -0.3 is 19.2 Å². The number of para-hydroxylation sites is 1. The molecule has 0 unspecified atom stereocenters. The van der Waals surface area contributed by atoms with Crippen LogP contribution in [-0.2, 0) is 9.53 Å². The van der Waals surface area contributed by atoms with Gasteiger partial charge in [0, 0.05) is 19.6 Å². The van der Waals surface area contributed by atoms with Crippen molar-refractivity contribution in [1.82, 2.24) is 10.2 Å². The van der Waals surface area contributed by atoms with Crippen LogP contribution >= 0.6 is 0 Å². The number of carbonyl (C=O) groups excluding carboxylic acids is 1. The third-order valence-electron chi connectivity index (χ3n) is 4.61. The van der Waals surface area contributed by atoms with Crippen molar-refractivity contribution < 1.29 is 18.7 Å². The number of nitrogens with zero attached hydrogens (tertiary/aromatic N) is 1. The van der Waals surface area contributed by atoms with Crippen LogP contribution < -0.4 is 10.1 Å². The first-order chi connectivity index (χ1) is 12.6. The van der Waals surface area contributed by atoms with Gasteiger partial charge in [-0.05, 0) is 37.1 Å². The monoisotopic (exact) mass is 358 g/mol. The fraction of sp³-hybridized carbons (Fsp3) is 0.450. The highest BCUT2D eigenvalue weighted by Gasteiger charge is 2.25. The number of nitrogens with one attached hydrogen (secondary N) is 1. The van der Waals surface area contributed by atoms with Gasteiger partial charge in [0.25, 0.3) is 5.91 Å². The summed E-state index contributed by atoms with van der Waals surface area (Å²) in [5.41, 5.74) is 2.05. The predicted octanol–water partition coefficient (Wildman–Crippen LogP) is 2.46. The molecule has 0 bridgehead atoms. The molecule has 0 radical (unpaired) electrons. The molecule has 1 aromatic carbocycles. The van der Waals surface area contributed by atoms with Gasteiger partial charge in [-0.2, -0.15) is 0 Å². The average Bonchev–Trinajstić information content (AvgIpc) is 3.17. The van der Waals surface area contributed by atoms with Gasteiger partial charge in [-0.3, -0.25) is 9.69 Å². The molecule has 3 rings (SSSR count). The molecular formula is C20H26N2O4. The van der Waals surface area contributed by atoms with Crippen LogP contribution in [-0.4, -0.2) is 50.3 Å². The summed E-state index contributed by atoms with van der Waals surface area (Å²) in [6.45, 7) is 7.46. The van der Waals surface area contributed by atoms with Gasteiger partial charge in [0.15, 0.2) is 6.61 Å². The molecule has 1 aliphatic rings. The number of amides is 1. The molecule has 1 saturated heterocycles. The van der Waals surface area contributed by atoms with Crippen LogP contribution in [0.25, 0.3) is 0 Å². The maximum atomic E-state index is 12.3. The minimum atomic E-state index is -0.141. The van der Waals surface area contributed by atoms with E-state index in [9.17, 15) is 4.79 Å². The van der Waals surface area contributed by atoms with Crippen LogP contribution in [0, 0.1) is 13.8 Å². The zero-order valence-corrected chi connectivity index (χ0v) is 15.4. The highest BCUT2D eigenvalue weighted by atomic mass is 16.5. The Morgan fingerprint density at radius 3 is 2.58 bits per heavy atom. The topological polar surface area (TPSA) is 63.9 Å². The second-order valence-electron chi connectivity index (χ2n) is 6.49. The van der Waals surface area contributed by atoms with Crippen molar-refractivity contribution in [1.29, 1.82) is 0 Å². The second kappa shape index (κ2) is 8.87. The molecule has 0 aliphatic carbocycles. The number of aryl methyl sites for hydroxylation is 2. The summed E-state index contributed by atoms with van der Waals surface area (Å²) < 4.78 is 16.7. The minimum Gasteiger partial charge on any atom is -0.483 e. The summed E-state index contributed by atoms with van der Waals surface area (Å²) in [7, 11) is 0. The van der Waals surface area contributed by atoms with Crippen molar-refractivity contribution in [2.24, 2.45) is 0 Å². The van der Waals surface area contributed by atoms with Gasteiger partial charge in [0.1, 0.15) is 11.5 Å². The van der Waals surface area contributed by atoms with E-state index in [1.807, 2.05) is 44.2 Å². The first kappa shape index (κ1) is 18.5. The lowest BCUT2D eigenvalue weighted by molar-refractivity contribution is -0.123. The van der Waals surface area contributed by atoms with Crippen molar-refractivity contribution in [2.75, 3.05) is 39.5 Å². The molecule has 1 aromatic heterocycles. The quantitative estimate of drug-likeness (QED) is 0.824. The highest BCUT2D eigenvalue weighted by Crippen LogP contribution is 2.23. The van der Waals surface area contributed by atoms with E-state index in [0.29, 0.717) is 19.8 Å². The van der Waals surface area contributed by atoms with E-state index in [0.717, 1.165) is 35.7 Å². The predicted molar refractivity (Wildman–Crippen MR) is 98.3 cm³/mol. The number of ether oxygens (including phenoxy) is 2. The van der Waals surface area contributed by atoms with Gasteiger partial charge in [0.05, 0.1) is 25.5 Å². The SMILES string of the molecule is Cc1cccc(C)c1OCC(=O)NC[C@@H](c1ccco1)N1CCOCC1. The molecule has 1 N–H and O–H groups in total. The molecule has 0 saturated carbocycles. The van der Waals surface area contributed by atoms with Gasteiger partial charge in [0.2, 0.25) is 0 Å². The van der Waals surface area contributed by atoms with E-state index in [4.69, 9.17) is 13.9 Å². The average molecular weight is 358 g/mol. The van der Waals surface area contributed by atoms with Crippen molar-refractivity contribution in [3.8, 4) is 5.75 Å². The summed E-state index contributed by atoms with van der Waals surface area (Å²) in [6.07, 6.45) is 1.66. The van der Waals surface area contributed by atoms with Crippen LogP contribution in [0.5, 0.6) is 5.75 Å². The number of furan rings is 1. The Labute approximate surface area is 154 Å². The Morgan fingerprint density at radius 1 is 1.19 bits per heavy atom. The first-order valence-corrected chi connectivity index (χ1v) is 8.96. The number of hydrogen-bond acceptors (Lipinski definition) is 5. The number of benzene rings is 1. The van der Waals surface area contributed by atoms with Crippen molar-refractivity contribution in [3.05, 3.63) is 53.5 Å². The molecule has 6 heteroatoms. The molecule has 26 heavy (non-hydrogen) atoms. The first-order valence-electron chi connectivity index (χ1n) is 8.96. The largest absolute Gasteiger partial charge is 0.483 e. The van der Waals surface area contributed by atoms with E-state index >= 15 is 0 Å². The van der Waals surface area contributed by atoms with E-state index in [2.05, 4.69) is 10.2 Å².